The zero-order valence-electron chi connectivity index (χ0n) is 15.6. The molecule has 154 valence electrons. The Labute approximate surface area is 178 Å². The van der Waals surface area contributed by atoms with E-state index < -0.39 is 16.8 Å². The molecule has 10 heteroatoms. The summed E-state index contributed by atoms with van der Waals surface area (Å²) in [6, 6.07) is 15.6. The number of rotatable bonds is 6. The molecule has 0 atom stereocenters. The summed E-state index contributed by atoms with van der Waals surface area (Å²) in [6.45, 7) is 0. The monoisotopic (exact) mass is 435 g/mol. The lowest BCUT2D eigenvalue weighted by Gasteiger charge is -1.98. The predicted octanol–water partition coefficient (Wildman–Crippen LogP) is 4.53. The van der Waals surface area contributed by atoms with Gasteiger partial charge < -0.3 is 9.52 Å². The fourth-order valence-electron chi connectivity index (χ4n) is 2.82. The molecule has 2 aromatic carbocycles. The molecule has 2 heterocycles. The molecule has 31 heavy (non-hydrogen) atoms. The Bertz CT molecular complexity index is 1340. The maximum atomic E-state index is 12.3. The van der Waals surface area contributed by atoms with Crippen molar-refractivity contribution in [2.24, 2.45) is 5.10 Å². The van der Waals surface area contributed by atoms with E-state index in [4.69, 9.17) is 9.52 Å². The van der Waals surface area contributed by atoms with Crippen LogP contribution < -0.4 is 5.43 Å². The van der Waals surface area contributed by atoms with Crippen molar-refractivity contribution in [3.8, 4) is 11.3 Å². The van der Waals surface area contributed by atoms with Crippen molar-refractivity contribution in [2.75, 3.05) is 0 Å². The zero-order valence-corrected chi connectivity index (χ0v) is 16.5. The second-order valence-corrected chi connectivity index (χ2v) is 7.46. The first-order chi connectivity index (χ1) is 14.9. The van der Waals surface area contributed by atoms with Crippen LogP contribution in [0.3, 0.4) is 0 Å². The Kier molecular flexibility index (Phi) is 5.29. The number of nitro groups is 1. The van der Waals surface area contributed by atoms with E-state index in [9.17, 15) is 19.7 Å². The van der Waals surface area contributed by atoms with Gasteiger partial charge in [-0.2, -0.15) is 5.10 Å². The van der Waals surface area contributed by atoms with E-state index in [0.29, 0.717) is 27.3 Å². The van der Waals surface area contributed by atoms with Crippen LogP contribution >= 0.6 is 11.3 Å². The molecule has 9 nitrogen and oxygen atoms in total. The van der Waals surface area contributed by atoms with E-state index in [1.807, 2.05) is 0 Å². The largest absolute Gasteiger partial charge is 0.478 e. The number of nitrogens with zero attached hydrogens (tertiary/aromatic N) is 2. The Morgan fingerprint density at radius 1 is 1.10 bits per heavy atom. The minimum Gasteiger partial charge on any atom is -0.478 e. The standard InChI is InChI=1S/C21H13N3O6S/c25-20(19-10-14-9-15(24(28)29)5-8-18(14)31-19)23-22-11-16-6-7-17(30-16)12-1-3-13(4-2-12)21(26)27/h1-11H,(H,23,25)(H,26,27)/b22-11-. The van der Waals surface area contributed by atoms with Gasteiger partial charge in [0.15, 0.2) is 0 Å². The third-order valence-electron chi connectivity index (χ3n) is 4.34. The van der Waals surface area contributed by atoms with Crippen LogP contribution in [0.2, 0.25) is 0 Å². The molecule has 2 aromatic heterocycles. The normalized spacial score (nSPS) is 11.1. The van der Waals surface area contributed by atoms with Crippen molar-refractivity contribution in [2.45, 2.75) is 0 Å². The Hall–Kier alpha value is -4.31. The number of furan rings is 1. The van der Waals surface area contributed by atoms with Crippen molar-refractivity contribution in [1.82, 2.24) is 5.43 Å². The van der Waals surface area contributed by atoms with Crippen LogP contribution in [0, 0.1) is 10.1 Å². The fraction of sp³-hybridized carbons (Fsp3) is 0. The number of hydrazone groups is 1. The van der Waals surface area contributed by atoms with E-state index in [1.165, 1.54) is 41.8 Å². The summed E-state index contributed by atoms with van der Waals surface area (Å²) in [5.41, 5.74) is 3.23. The number of nitro benzene ring substituents is 1. The van der Waals surface area contributed by atoms with E-state index in [0.717, 1.165) is 4.70 Å². The number of carboxylic acid groups (broad SMARTS) is 1. The van der Waals surface area contributed by atoms with Gasteiger partial charge in [0.25, 0.3) is 11.6 Å². The summed E-state index contributed by atoms with van der Waals surface area (Å²) in [5.74, 6) is -0.539. The number of aromatic carboxylic acids is 1. The van der Waals surface area contributed by atoms with Crippen LogP contribution in [0.5, 0.6) is 0 Å². The summed E-state index contributed by atoms with van der Waals surface area (Å²) in [7, 11) is 0. The lowest BCUT2D eigenvalue weighted by atomic mass is 10.1. The summed E-state index contributed by atoms with van der Waals surface area (Å²) in [6.07, 6.45) is 1.34. The van der Waals surface area contributed by atoms with Crippen molar-refractivity contribution >= 4 is 45.2 Å². The van der Waals surface area contributed by atoms with Gasteiger partial charge in [0, 0.05) is 27.8 Å². The van der Waals surface area contributed by atoms with Crippen molar-refractivity contribution in [3.05, 3.63) is 87.0 Å². The second kappa shape index (κ2) is 8.20. The van der Waals surface area contributed by atoms with Crippen LogP contribution in [0.15, 0.2) is 70.2 Å². The summed E-state index contributed by atoms with van der Waals surface area (Å²) < 4.78 is 6.39. The number of benzene rings is 2. The average Bonchev–Trinajstić information content (AvgIpc) is 3.40. The number of hydrogen-bond acceptors (Lipinski definition) is 7. The average molecular weight is 435 g/mol. The molecule has 0 aliphatic heterocycles. The summed E-state index contributed by atoms with van der Waals surface area (Å²) in [5, 5.41) is 24.3. The van der Waals surface area contributed by atoms with Gasteiger partial charge in [-0.15, -0.1) is 11.3 Å². The SMILES string of the molecule is O=C(O)c1ccc(-c2ccc(/C=N\NC(=O)c3cc4cc([N+](=O)[O-])ccc4s3)o2)cc1. The van der Waals surface area contributed by atoms with Gasteiger partial charge in [-0.1, -0.05) is 12.1 Å². The molecule has 0 saturated carbocycles. The first kappa shape index (κ1) is 20.0. The second-order valence-electron chi connectivity index (χ2n) is 6.37. The smallest absolute Gasteiger partial charge is 0.335 e. The third kappa shape index (κ3) is 4.33. The van der Waals surface area contributed by atoms with E-state index in [-0.39, 0.29) is 11.3 Å². The van der Waals surface area contributed by atoms with Crippen LogP contribution in [0.4, 0.5) is 5.69 Å². The van der Waals surface area contributed by atoms with Crippen LogP contribution in [0.25, 0.3) is 21.4 Å². The quantitative estimate of drug-likeness (QED) is 0.259. The molecule has 4 aromatic rings. The molecular formula is C21H13N3O6S. The molecule has 0 saturated heterocycles. The maximum Gasteiger partial charge on any atom is 0.335 e. The number of carboxylic acids is 1. The number of carbonyl (C=O) groups is 2. The van der Waals surface area contributed by atoms with Crippen LogP contribution in [0.1, 0.15) is 25.8 Å². The van der Waals surface area contributed by atoms with Gasteiger partial charge >= 0.3 is 5.97 Å². The van der Waals surface area contributed by atoms with Crippen LogP contribution in [-0.4, -0.2) is 28.1 Å². The minimum atomic E-state index is -1.01. The molecule has 0 spiro atoms. The zero-order chi connectivity index (χ0) is 22.0. The van der Waals surface area contributed by atoms with Gasteiger partial charge in [-0.3, -0.25) is 14.9 Å². The number of hydrogen-bond donors (Lipinski definition) is 2. The Balaban J connectivity index is 1.43. The molecule has 0 unspecified atom stereocenters. The highest BCUT2D eigenvalue weighted by molar-refractivity contribution is 7.20. The molecule has 0 fully saturated rings. The van der Waals surface area contributed by atoms with E-state index in [1.54, 1.807) is 36.4 Å². The van der Waals surface area contributed by atoms with Gasteiger partial charge in [0.2, 0.25) is 0 Å². The first-order valence-electron chi connectivity index (χ1n) is 8.86. The Morgan fingerprint density at radius 3 is 2.58 bits per heavy atom. The molecule has 0 bridgehead atoms. The first-order valence-corrected chi connectivity index (χ1v) is 9.67. The number of nitrogens with one attached hydrogen (secondary N) is 1. The Morgan fingerprint density at radius 2 is 1.87 bits per heavy atom. The van der Waals surface area contributed by atoms with Gasteiger partial charge in [-0.25, -0.2) is 10.2 Å². The lowest BCUT2D eigenvalue weighted by Crippen LogP contribution is -2.15. The predicted molar refractivity (Wildman–Crippen MR) is 115 cm³/mol. The lowest BCUT2D eigenvalue weighted by molar-refractivity contribution is -0.384. The topological polar surface area (TPSA) is 135 Å². The highest BCUT2D eigenvalue weighted by Gasteiger charge is 2.13. The minimum absolute atomic E-state index is 0.0403. The van der Waals surface area contributed by atoms with Gasteiger partial charge in [0.05, 0.1) is 21.6 Å². The third-order valence-corrected chi connectivity index (χ3v) is 5.45. The number of thiophene rings is 1. The molecule has 0 radical (unpaired) electrons. The van der Waals surface area contributed by atoms with E-state index >= 15 is 0 Å². The molecule has 4 rings (SSSR count). The van der Waals surface area contributed by atoms with Gasteiger partial charge in [-0.05, 0) is 36.4 Å². The van der Waals surface area contributed by atoms with Crippen molar-refractivity contribution < 1.29 is 24.0 Å². The molecular weight excluding hydrogens is 422 g/mol. The van der Waals surface area contributed by atoms with E-state index in [2.05, 4.69) is 10.5 Å². The number of fused-ring (bicyclic) bond motifs is 1. The summed E-state index contributed by atoms with van der Waals surface area (Å²) >= 11 is 1.20. The number of non-ortho nitro benzene ring substituents is 1. The fourth-order valence-corrected chi connectivity index (χ4v) is 3.75. The van der Waals surface area contributed by atoms with Crippen LogP contribution in [-0.2, 0) is 0 Å². The van der Waals surface area contributed by atoms with Crippen molar-refractivity contribution in [1.29, 1.82) is 0 Å². The molecule has 2 N–H and O–H groups in total. The molecule has 1 amide bonds. The van der Waals surface area contributed by atoms with Gasteiger partial charge in [0.1, 0.15) is 11.5 Å². The van der Waals surface area contributed by atoms with Crippen molar-refractivity contribution in [3.63, 3.8) is 0 Å². The summed E-state index contributed by atoms with van der Waals surface area (Å²) in [4.78, 5) is 34.0. The molecule has 0 aliphatic rings. The number of carbonyl (C=O) groups excluding carboxylic acids is 1. The number of amides is 1. The molecule has 0 aliphatic carbocycles. The highest BCUT2D eigenvalue weighted by Crippen LogP contribution is 2.29. The maximum absolute atomic E-state index is 12.3. The highest BCUT2D eigenvalue weighted by atomic mass is 32.1.